The van der Waals surface area contributed by atoms with Gasteiger partial charge in [-0.25, -0.2) is 0 Å². The largest absolute Gasteiger partial charge is 0.573 e. The molecule has 0 amide bonds. The maximum Gasteiger partial charge on any atom is 0.573 e. The minimum Gasteiger partial charge on any atom is -0.405 e. The van der Waals surface area contributed by atoms with Crippen LogP contribution >= 0.6 is 0 Å². The molecule has 0 heterocycles. The molecule has 0 aliphatic heterocycles. The SMILES string of the molecule is CNCc1ccc(-c2ccccc2OC(F)(F)F)c(C)c1. The maximum absolute atomic E-state index is 12.5. The first-order valence-corrected chi connectivity index (χ1v) is 6.50. The number of alkyl halides is 3. The van der Waals surface area contributed by atoms with Gasteiger partial charge in [0, 0.05) is 12.1 Å². The molecular formula is C16H16F3NO. The summed E-state index contributed by atoms with van der Waals surface area (Å²) in [4.78, 5) is 0. The van der Waals surface area contributed by atoms with E-state index < -0.39 is 6.36 Å². The Balaban J connectivity index is 2.42. The van der Waals surface area contributed by atoms with Crippen LogP contribution in [0.1, 0.15) is 11.1 Å². The van der Waals surface area contributed by atoms with Crippen LogP contribution in [-0.2, 0) is 6.54 Å². The number of ether oxygens (including phenoxy) is 1. The van der Waals surface area contributed by atoms with E-state index in [0.29, 0.717) is 12.1 Å². The van der Waals surface area contributed by atoms with E-state index in [1.807, 2.05) is 32.2 Å². The van der Waals surface area contributed by atoms with Gasteiger partial charge in [0.15, 0.2) is 0 Å². The Morgan fingerprint density at radius 2 is 1.76 bits per heavy atom. The minimum atomic E-state index is -4.70. The van der Waals surface area contributed by atoms with E-state index in [4.69, 9.17) is 0 Å². The summed E-state index contributed by atoms with van der Waals surface area (Å²) in [6, 6.07) is 11.8. The molecule has 0 saturated heterocycles. The van der Waals surface area contributed by atoms with Gasteiger partial charge >= 0.3 is 6.36 Å². The number of rotatable bonds is 4. The van der Waals surface area contributed by atoms with Crippen LogP contribution < -0.4 is 10.1 Å². The van der Waals surface area contributed by atoms with Crippen molar-refractivity contribution in [3.05, 3.63) is 53.6 Å². The molecule has 5 heteroatoms. The second-order valence-corrected chi connectivity index (χ2v) is 4.72. The standard InChI is InChI=1S/C16H16F3NO/c1-11-9-12(10-20-2)7-8-13(11)14-5-3-4-6-15(14)21-16(17,18)19/h3-9,20H,10H2,1-2H3. The normalized spacial score (nSPS) is 11.5. The number of para-hydroxylation sites is 1. The van der Waals surface area contributed by atoms with E-state index in [1.54, 1.807) is 12.1 Å². The van der Waals surface area contributed by atoms with Crippen LogP contribution in [0.15, 0.2) is 42.5 Å². The number of nitrogens with one attached hydrogen (secondary N) is 1. The average molecular weight is 295 g/mol. The highest BCUT2D eigenvalue weighted by molar-refractivity contribution is 5.73. The average Bonchev–Trinajstić information content (AvgIpc) is 2.39. The van der Waals surface area contributed by atoms with Gasteiger partial charge < -0.3 is 10.1 Å². The number of benzene rings is 2. The molecule has 0 aliphatic carbocycles. The van der Waals surface area contributed by atoms with Crippen molar-refractivity contribution in [2.24, 2.45) is 0 Å². The van der Waals surface area contributed by atoms with Crippen LogP contribution in [0, 0.1) is 6.92 Å². The third-order valence-electron chi connectivity index (χ3n) is 3.07. The van der Waals surface area contributed by atoms with Gasteiger partial charge in [-0.3, -0.25) is 0 Å². The van der Waals surface area contributed by atoms with Gasteiger partial charge in [-0.1, -0.05) is 36.4 Å². The van der Waals surface area contributed by atoms with Crippen LogP contribution in [0.2, 0.25) is 0 Å². The fraction of sp³-hybridized carbons (Fsp3) is 0.250. The highest BCUT2D eigenvalue weighted by Crippen LogP contribution is 2.35. The fourth-order valence-corrected chi connectivity index (χ4v) is 2.24. The highest BCUT2D eigenvalue weighted by Gasteiger charge is 2.32. The molecule has 0 aliphatic rings. The van der Waals surface area contributed by atoms with Crippen molar-refractivity contribution in [2.75, 3.05) is 7.05 Å². The molecule has 2 rings (SSSR count). The number of hydrogen-bond donors (Lipinski definition) is 1. The van der Waals surface area contributed by atoms with E-state index >= 15 is 0 Å². The summed E-state index contributed by atoms with van der Waals surface area (Å²) in [6.45, 7) is 2.58. The van der Waals surface area contributed by atoms with Crippen molar-refractivity contribution in [3.63, 3.8) is 0 Å². The lowest BCUT2D eigenvalue weighted by Crippen LogP contribution is -2.17. The van der Waals surface area contributed by atoms with Crippen LogP contribution in [-0.4, -0.2) is 13.4 Å². The van der Waals surface area contributed by atoms with E-state index in [0.717, 1.165) is 16.7 Å². The first kappa shape index (κ1) is 15.4. The molecule has 0 unspecified atom stereocenters. The van der Waals surface area contributed by atoms with Gasteiger partial charge in [0.05, 0.1) is 0 Å². The molecule has 0 bridgehead atoms. The molecule has 0 radical (unpaired) electrons. The van der Waals surface area contributed by atoms with Crippen molar-refractivity contribution in [1.29, 1.82) is 0 Å². The van der Waals surface area contributed by atoms with Gasteiger partial charge in [0.2, 0.25) is 0 Å². The van der Waals surface area contributed by atoms with Crippen molar-refractivity contribution in [3.8, 4) is 16.9 Å². The van der Waals surface area contributed by atoms with Crippen LogP contribution in [0.25, 0.3) is 11.1 Å². The van der Waals surface area contributed by atoms with E-state index in [1.165, 1.54) is 12.1 Å². The van der Waals surface area contributed by atoms with E-state index in [9.17, 15) is 13.2 Å². The summed E-state index contributed by atoms with van der Waals surface area (Å²) >= 11 is 0. The molecule has 1 N–H and O–H groups in total. The van der Waals surface area contributed by atoms with E-state index in [2.05, 4.69) is 10.1 Å². The predicted octanol–water partition coefficient (Wildman–Crippen LogP) is 4.28. The summed E-state index contributed by atoms with van der Waals surface area (Å²) < 4.78 is 41.5. The van der Waals surface area contributed by atoms with Crippen molar-refractivity contribution in [2.45, 2.75) is 19.8 Å². The lowest BCUT2D eigenvalue weighted by molar-refractivity contribution is -0.274. The van der Waals surface area contributed by atoms with Gasteiger partial charge in [-0.05, 0) is 36.7 Å². The Labute approximate surface area is 121 Å². The Morgan fingerprint density at radius 1 is 1.05 bits per heavy atom. The minimum absolute atomic E-state index is 0.186. The lowest BCUT2D eigenvalue weighted by atomic mass is 9.97. The number of aryl methyl sites for hydroxylation is 1. The first-order chi connectivity index (χ1) is 9.90. The molecule has 0 atom stereocenters. The summed E-state index contributed by atoms with van der Waals surface area (Å²) in [5, 5.41) is 3.04. The van der Waals surface area contributed by atoms with Crippen molar-refractivity contribution < 1.29 is 17.9 Å². The maximum atomic E-state index is 12.5. The number of hydrogen-bond acceptors (Lipinski definition) is 2. The van der Waals surface area contributed by atoms with Crippen LogP contribution in [0.3, 0.4) is 0 Å². The Bertz CT molecular complexity index is 623. The van der Waals surface area contributed by atoms with Crippen molar-refractivity contribution >= 4 is 0 Å². The molecule has 0 saturated carbocycles. The predicted molar refractivity (Wildman–Crippen MR) is 76.1 cm³/mol. The van der Waals surface area contributed by atoms with Gasteiger partial charge in [-0.2, -0.15) is 0 Å². The topological polar surface area (TPSA) is 21.3 Å². The molecule has 0 aromatic heterocycles. The molecule has 2 aromatic rings. The summed E-state index contributed by atoms with van der Waals surface area (Å²) in [5.41, 5.74) is 3.15. The second-order valence-electron chi connectivity index (χ2n) is 4.72. The monoisotopic (exact) mass is 295 g/mol. The van der Waals surface area contributed by atoms with Crippen LogP contribution in [0.5, 0.6) is 5.75 Å². The first-order valence-electron chi connectivity index (χ1n) is 6.50. The molecule has 0 spiro atoms. The van der Waals surface area contributed by atoms with Gasteiger partial charge in [-0.15, -0.1) is 13.2 Å². The second kappa shape index (κ2) is 6.18. The van der Waals surface area contributed by atoms with Crippen molar-refractivity contribution in [1.82, 2.24) is 5.32 Å². The zero-order valence-corrected chi connectivity index (χ0v) is 11.8. The molecular weight excluding hydrogens is 279 g/mol. The Kier molecular flexibility index (Phi) is 4.53. The summed E-state index contributed by atoms with van der Waals surface area (Å²) in [7, 11) is 1.84. The summed E-state index contributed by atoms with van der Waals surface area (Å²) in [5.74, 6) is -0.186. The van der Waals surface area contributed by atoms with Gasteiger partial charge in [0.25, 0.3) is 0 Å². The van der Waals surface area contributed by atoms with E-state index in [-0.39, 0.29) is 5.75 Å². The molecule has 21 heavy (non-hydrogen) atoms. The fourth-order valence-electron chi connectivity index (χ4n) is 2.24. The smallest absolute Gasteiger partial charge is 0.405 e. The van der Waals surface area contributed by atoms with Gasteiger partial charge in [0.1, 0.15) is 5.75 Å². The lowest BCUT2D eigenvalue weighted by Gasteiger charge is -2.15. The molecule has 0 fully saturated rings. The molecule has 112 valence electrons. The quantitative estimate of drug-likeness (QED) is 0.909. The number of halogens is 3. The van der Waals surface area contributed by atoms with Crippen LogP contribution in [0.4, 0.5) is 13.2 Å². The molecule has 2 nitrogen and oxygen atoms in total. The third kappa shape index (κ3) is 3.98. The molecule has 2 aromatic carbocycles. The zero-order valence-electron chi connectivity index (χ0n) is 11.8. The Morgan fingerprint density at radius 3 is 2.38 bits per heavy atom. The third-order valence-corrected chi connectivity index (χ3v) is 3.07. The summed E-state index contributed by atoms with van der Waals surface area (Å²) in [6.07, 6.45) is -4.70. The Hall–Kier alpha value is -2.01. The zero-order chi connectivity index (χ0) is 15.5. The highest BCUT2D eigenvalue weighted by atomic mass is 19.4.